The van der Waals surface area contributed by atoms with Gasteiger partial charge >= 0.3 is 0 Å². The summed E-state index contributed by atoms with van der Waals surface area (Å²) in [5.74, 6) is 0.203. The number of amides is 2. The van der Waals surface area contributed by atoms with E-state index in [1.165, 1.54) is 32.1 Å². The second-order valence-electron chi connectivity index (χ2n) is 6.16. The Kier molecular flexibility index (Phi) is 7.49. The molecular formula is C19H26N2O3. The molecular weight excluding hydrogens is 304 g/mol. The number of aliphatic hydroxyl groups excluding tert-OH is 1. The maximum Gasteiger partial charge on any atom is 0.251 e. The zero-order chi connectivity index (χ0) is 17.2. The second kappa shape index (κ2) is 9.88. The smallest absolute Gasteiger partial charge is 0.251 e. The van der Waals surface area contributed by atoms with Crippen LogP contribution < -0.4 is 10.6 Å². The molecule has 2 amide bonds. The van der Waals surface area contributed by atoms with Gasteiger partial charge in [-0.3, -0.25) is 9.59 Å². The van der Waals surface area contributed by atoms with Crippen molar-refractivity contribution in [2.75, 3.05) is 18.5 Å². The van der Waals surface area contributed by atoms with Crippen molar-refractivity contribution >= 4 is 17.5 Å². The Morgan fingerprint density at radius 2 is 1.83 bits per heavy atom. The Bertz CT molecular complexity index is 560. The Morgan fingerprint density at radius 1 is 1.12 bits per heavy atom. The highest BCUT2D eigenvalue weighted by Gasteiger charge is 2.10. The van der Waals surface area contributed by atoms with E-state index in [1.807, 2.05) is 6.08 Å². The van der Waals surface area contributed by atoms with Crippen LogP contribution in [0.25, 0.3) is 0 Å². The molecule has 1 fully saturated rings. The van der Waals surface area contributed by atoms with Crippen LogP contribution in [0.5, 0.6) is 0 Å². The molecule has 0 bridgehead atoms. The Morgan fingerprint density at radius 3 is 2.50 bits per heavy atom. The Labute approximate surface area is 143 Å². The first kappa shape index (κ1) is 18.2. The van der Waals surface area contributed by atoms with Crippen molar-refractivity contribution in [1.29, 1.82) is 0 Å². The van der Waals surface area contributed by atoms with Crippen LogP contribution in [0.15, 0.2) is 36.4 Å². The van der Waals surface area contributed by atoms with Gasteiger partial charge in [0.05, 0.1) is 0 Å². The molecule has 0 spiro atoms. The van der Waals surface area contributed by atoms with Crippen molar-refractivity contribution in [3.05, 3.63) is 42.0 Å². The summed E-state index contributed by atoms with van der Waals surface area (Å²) in [6, 6.07) is 6.78. The summed E-state index contributed by atoms with van der Waals surface area (Å²) in [6.07, 6.45) is 10.3. The lowest BCUT2D eigenvalue weighted by molar-refractivity contribution is -0.111. The molecule has 5 heteroatoms. The fraction of sp³-hybridized carbons (Fsp3) is 0.474. The third kappa shape index (κ3) is 6.16. The summed E-state index contributed by atoms with van der Waals surface area (Å²) in [7, 11) is 0. The van der Waals surface area contributed by atoms with E-state index in [2.05, 4.69) is 10.6 Å². The van der Waals surface area contributed by atoms with Gasteiger partial charge in [0.15, 0.2) is 0 Å². The first-order valence-corrected chi connectivity index (χ1v) is 8.67. The molecule has 0 atom stereocenters. The molecule has 5 nitrogen and oxygen atoms in total. The topological polar surface area (TPSA) is 78.4 Å². The number of allylic oxidation sites excluding steroid dienone is 1. The number of carbonyl (C=O) groups is 2. The molecule has 0 saturated heterocycles. The molecule has 0 unspecified atom stereocenters. The molecule has 130 valence electrons. The maximum absolute atomic E-state index is 11.9. The minimum absolute atomic E-state index is 0.0552. The summed E-state index contributed by atoms with van der Waals surface area (Å²) in [5, 5.41) is 14.2. The average molecular weight is 330 g/mol. The first-order valence-electron chi connectivity index (χ1n) is 8.67. The van der Waals surface area contributed by atoms with Crippen molar-refractivity contribution < 1.29 is 14.7 Å². The van der Waals surface area contributed by atoms with E-state index in [-0.39, 0.29) is 18.4 Å². The lowest BCUT2D eigenvalue weighted by Crippen LogP contribution is -2.24. The fourth-order valence-electron chi connectivity index (χ4n) is 2.82. The van der Waals surface area contributed by atoms with Crippen LogP contribution in [0.1, 0.15) is 48.9 Å². The van der Waals surface area contributed by atoms with E-state index in [1.54, 1.807) is 30.3 Å². The van der Waals surface area contributed by atoms with Crippen LogP contribution in [-0.2, 0) is 4.79 Å². The molecule has 1 aromatic carbocycles. The zero-order valence-corrected chi connectivity index (χ0v) is 14.0. The Hall–Kier alpha value is -2.14. The van der Waals surface area contributed by atoms with Crippen LogP contribution in [0, 0.1) is 5.92 Å². The summed E-state index contributed by atoms with van der Waals surface area (Å²) < 4.78 is 0. The average Bonchev–Trinajstić information content (AvgIpc) is 2.61. The van der Waals surface area contributed by atoms with Gasteiger partial charge in [-0.2, -0.15) is 0 Å². The highest BCUT2D eigenvalue weighted by molar-refractivity contribution is 6.00. The molecule has 1 aromatic rings. The van der Waals surface area contributed by atoms with E-state index >= 15 is 0 Å². The van der Waals surface area contributed by atoms with Crippen molar-refractivity contribution in [3.63, 3.8) is 0 Å². The fourth-order valence-corrected chi connectivity index (χ4v) is 2.82. The highest BCUT2D eigenvalue weighted by atomic mass is 16.3. The molecule has 1 aliphatic rings. The summed E-state index contributed by atoms with van der Waals surface area (Å²) in [5.41, 5.74) is 1.20. The monoisotopic (exact) mass is 330 g/mol. The van der Waals surface area contributed by atoms with Crippen LogP contribution in [-0.4, -0.2) is 30.1 Å². The van der Waals surface area contributed by atoms with Gasteiger partial charge in [0.2, 0.25) is 5.91 Å². The lowest BCUT2D eigenvalue weighted by atomic mass is 9.89. The van der Waals surface area contributed by atoms with Gasteiger partial charge in [-0.1, -0.05) is 25.3 Å². The second-order valence-corrected chi connectivity index (χ2v) is 6.16. The van der Waals surface area contributed by atoms with Crippen LogP contribution in [0.3, 0.4) is 0 Å². The van der Waals surface area contributed by atoms with Crippen LogP contribution in [0.2, 0.25) is 0 Å². The van der Waals surface area contributed by atoms with Crippen molar-refractivity contribution in [1.82, 2.24) is 5.32 Å². The van der Waals surface area contributed by atoms with Gasteiger partial charge in [-0.05, 0) is 55.5 Å². The Balaban J connectivity index is 1.81. The van der Waals surface area contributed by atoms with E-state index in [9.17, 15) is 9.59 Å². The van der Waals surface area contributed by atoms with Gasteiger partial charge in [-0.15, -0.1) is 0 Å². The summed E-state index contributed by atoms with van der Waals surface area (Å²) in [4.78, 5) is 23.8. The normalized spacial score (nSPS) is 15.4. The minimum Gasteiger partial charge on any atom is -0.396 e. The lowest BCUT2D eigenvalue weighted by Gasteiger charge is -2.17. The van der Waals surface area contributed by atoms with Crippen LogP contribution in [0.4, 0.5) is 5.69 Å². The molecule has 3 N–H and O–H groups in total. The number of benzene rings is 1. The third-order valence-corrected chi connectivity index (χ3v) is 4.20. The van der Waals surface area contributed by atoms with Gasteiger partial charge in [0, 0.05) is 24.4 Å². The number of hydrogen-bond acceptors (Lipinski definition) is 3. The third-order valence-electron chi connectivity index (χ3n) is 4.20. The quantitative estimate of drug-likeness (QED) is 0.531. The van der Waals surface area contributed by atoms with E-state index < -0.39 is 0 Å². The van der Waals surface area contributed by atoms with Crippen molar-refractivity contribution in [3.8, 4) is 0 Å². The molecule has 1 saturated carbocycles. The molecule has 0 radical (unpaired) electrons. The molecule has 1 aliphatic carbocycles. The highest BCUT2D eigenvalue weighted by Crippen LogP contribution is 2.24. The van der Waals surface area contributed by atoms with Gasteiger partial charge in [0.1, 0.15) is 0 Å². The maximum atomic E-state index is 11.9. The standard InChI is InChI=1S/C19H26N2O3/c22-14-4-13-20-19(24)16-8-10-17(11-9-16)21-18(23)12-7-15-5-2-1-3-6-15/h7-12,15,22H,1-6,13-14H2,(H,20,24)(H,21,23)/b12-7+. The largest absolute Gasteiger partial charge is 0.396 e. The molecule has 24 heavy (non-hydrogen) atoms. The summed E-state index contributed by atoms with van der Waals surface area (Å²) in [6.45, 7) is 0.499. The minimum atomic E-state index is -0.182. The van der Waals surface area contributed by atoms with Crippen molar-refractivity contribution in [2.45, 2.75) is 38.5 Å². The zero-order valence-electron chi connectivity index (χ0n) is 14.0. The number of carbonyl (C=O) groups excluding carboxylic acids is 2. The first-order chi connectivity index (χ1) is 11.7. The van der Waals surface area contributed by atoms with E-state index in [0.29, 0.717) is 30.1 Å². The molecule has 0 heterocycles. The van der Waals surface area contributed by atoms with E-state index in [4.69, 9.17) is 5.11 Å². The molecule has 0 aliphatic heterocycles. The van der Waals surface area contributed by atoms with Crippen LogP contribution >= 0.6 is 0 Å². The van der Waals surface area contributed by atoms with Gasteiger partial charge in [0.25, 0.3) is 5.91 Å². The summed E-state index contributed by atoms with van der Waals surface area (Å²) >= 11 is 0. The van der Waals surface area contributed by atoms with Gasteiger partial charge in [-0.25, -0.2) is 0 Å². The van der Waals surface area contributed by atoms with Crippen molar-refractivity contribution in [2.24, 2.45) is 5.92 Å². The number of aliphatic hydroxyl groups is 1. The predicted octanol–water partition coefficient (Wildman–Crippen LogP) is 2.87. The molecule has 0 aromatic heterocycles. The van der Waals surface area contributed by atoms with Gasteiger partial charge < -0.3 is 15.7 Å². The SMILES string of the molecule is O=C(/C=C/C1CCCCC1)Nc1ccc(C(=O)NCCCO)cc1. The number of hydrogen-bond donors (Lipinski definition) is 3. The molecule has 2 rings (SSSR count). The number of anilines is 1. The number of rotatable bonds is 7. The predicted molar refractivity (Wildman–Crippen MR) is 94.8 cm³/mol. The number of nitrogens with one attached hydrogen (secondary N) is 2. The van der Waals surface area contributed by atoms with E-state index in [0.717, 1.165) is 0 Å².